The van der Waals surface area contributed by atoms with Gasteiger partial charge in [0.1, 0.15) is 0 Å². The zero-order chi connectivity index (χ0) is 17.1. The van der Waals surface area contributed by atoms with Gasteiger partial charge in [0, 0.05) is 19.6 Å². The Balaban J connectivity index is 1.66. The molecule has 0 saturated carbocycles. The van der Waals surface area contributed by atoms with Gasteiger partial charge in [-0.05, 0) is 23.3 Å². The topological polar surface area (TPSA) is 64.8 Å². The molecule has 0 fully saturated rings. The highest BCUT2D eigenvalue weighted by molar-refractivity contribution is 5.79. The van der Waals surface area contributed by atoms with Crippen molar-refractivity contribution in [3.05, 3.63) is 59.7 Å². The largest absolute Gasteiger partial charge is 0.454 e. The fraction of sp³-hybridized carbons (Fsp3) is 0.316. The first-order chi connectivity index (χ1) is 11.6. The standard InChI is InChI=1S/C19H22N2O3/c1-13(18(20)15-6-4-3-5-7-15)19(22)21(2)11-14-8-9-16-17(10-14)24-12-23-16/h3-10,13,18H,11-12,20H2,1-2H3/t13-,18+/m0/s1. The molecule has 24 heavy (non-hydrogen) atoms. The molecule has 0 unspecified atom stereocenters. The molecular weight excluding hydrogens is 304 g/mol. The molecular formula is C19H22N2O3. The van der Waals surface area contributed by atoms with E-state index in [1.807, 2.05) is 55.5 Å². The Hall–Kier alpha value is -2.53. The fourth-order valence-corrected chi connectivity index (χ4v) is 2.86. The van der Waals surface area contributed by atoms with Crippen molar-refractivity contribution in [2.45, 2.75) is 19.5 Å². The highest BCUT2D eigenvalue weighted by atomic mass is 16.7. The maximum absolute atomic E-state index is 12.7. The number of rotatable bonds is 5. The maximum Gasteiger partial charge on any atom is 0.231 e. The van der Waals surface area contributed by atoms with Gasteiger partial charge < -0.3 is 20.1 Å². The molecule has 2 atom stereocenters. The van der Waals surface area contributed by atoms with Crippen LogP contribution in [0, 0.1) is 5.92 Å². The normalized spacial score (nSPS) is 15.0. The van der Waals surface area contributed by atoms with Gasteiger partial charge >= 0.3 is 0 Å². The van der Waals surface area contributed by atoms with E-state index in [1.165, 1.54) is 0 Å². The summed E-state index contributed by atoms with van der Waals surface area (Å²) in [6.45, 7) is 2.62. The van der Waals surface area contributed by atoms with Gasteiger partial charge in [-0.15, -0.1) is 0 Å². The Morgan fingerprint density at radius 3 is 2.62 bits per heavy atom. The quantitative estimate of drug-likeness (QED) is 0.917. The van der Waals surface area contributed by atoms with Crippen LogP contribution in [0.2, 0.25) is 0 Å². The number of nitrogens with two attached hydrogens (primary N) is 1. The number of hydrogen-bond donors (Lipinski definition) is 1. The van der Waals surface area contributed by atoms with Crippen LogP contribution >= 0.6 is 0 Å². The van der Waals surface area contributed by atoms with Crippen molar-refractivity contribution in [2.75, 3.05) is 13.8 Å². The van der Waals surface area contributed by atoms with Gasteiger partial charge in [0.25, 0.3) is 0 Å². The third kappa shape index (κ3) is 3.36. The van der Waals surface area contributed by atoms with Crippen LogP contribution in [-0.4, -0.2) is 24.6 Å². The Morgan fingerprint density at radius 1 is 1.17 bits per heavy atom. The number of ether oxygens (including phenoxy) is 2. The second kappa shape index (κ2) is 6.93. The third-order valence-electron chi connectivity index (χ3n) is 4.35. The van der Waals surface area contributed by atoms with Gasteiger partial charge in [-0.3, -0.25) is 4.79 Å². The number of hydrogen-bond acceptors (Lipinski definition) is 4. The van der Waals surface area contributed by atoms with E-state index in [1.54, 1.807) is 11.9 Å². The predicted octanol–water partition coefficient (Wildman–Crippen LogP) is 2.71. The number of carbonyl (C=O) groups is 1. The van der Waals surface area contributed by atoms with Crippen molar-refractivity contribution >= 4 is 5.91 Å². The highest BCUT2D eigenvalue weighted by Gasteiger charge is 2.25. The minimum absolute atomic E-state index is 0.0176. The van der Waals surface area contributed by atoms with Crippen LogP contribution in [0.1, 0.15) is 24.1 Å². The van der Waals surface area contributed by atoms with Crippen LogP contribution in [0.3, 0.4) is 0 Å². The molecule has 126 valence electrons. The van der Waals surface area contributed by atoms with E-state index in [2.05, 4.69) is 0 Å². The Labute approximate surface area is 142 Å². The minimum Gasteiger partial charge on any atom is -0.454 e. The summed E-state index contributed by atoms with van der Waals surface area (Å²) in [6.07, 6.45) is 0. The molecule has 1 aliphatic rings. The lowest BCUT2D eigenvalue weighted by atomic mass is 9.94. The Bertz CT molecular complexity index is 718. The fourth-order valence-electron chi connectivity index (χ4n) is 2.86. The molecule has 3 rings (SSSR count). The summed E-state index contributed by atoms with van der Waals surface area (Å²) in [5.41, 5.74) is 8.22. The van der Waals surface area contributed by atoms with Crippen molar-refractivity contribution in [1.29, 1.82) is 0 Å². The minimum atomic E-state index is -0.321. The lowest BCUT2D eigenvalue weighted by Crippen LogP contribution is -2.36. The van der Waals surface area contributed by atoms with Crippen LogP contribution < -0.4 is 15.2 Å². The zero-order valence-corrected chi connectivity index (χ0v) is 13.9. The Kier molecular flexibility index (Phi) is 4.71. The maximum atomic E-state index is 12.7. The molecule has 2 N–H and O–H groups in total. The second-order valence-electron chi connectivity index (χ2n) is 6.11. The highest BCUT2D eigenvalue weighted by Crippen LogP contribution is 2.33. The predicted molar refractivity (Wildman–Crippen MR) is 91.6 cm³/mol. The molecule has 0 radical (unpaired) electrons. The number of fused-ring (bicyclic) bond motifs is 1. The molecule has 5 heteroatoms. The number of amides is 1. The van der Waals surface area contributed by atoms with Crippen molar-refractivity contribution in [3.63, 3.8) is 0 Å². The van der Waals surface area contributed by atoms with Crippen molar-refractivity contribution in [3.8, 4) is 11.5 Å². The Morgan fingerprint density at radius 2 is 1.88 bits per heavy atom. The molecule has 0 saturated heterocycles. The van der Waals surface area contributed by atoms with Gasteiger partial charge in [-0.1, -0.05) is 43.3 Å². The monoisotopic (exact) mass is 326 g/mol. The summed E-state index contributed by atoms with van der Waals surface area (Å²) in [5, 5.41) is 0. The van der Waals surface area contributed by atoms with Gasteiger partial charge in [0.2, 0.25) is 12.7 Å². The lowest BCUT2D eigenvalue weighted by Gasteiger charge is -2.25. The van der Waals surface area contributed by atoms with E-state index in [-0.39, 0.29) is 24.7 Å². The second-order valence-corrected chi connectivity index (χ2v) is 6.11. The average Bonchev–Trinajstić information content (AvgIpc) is 3.08. The third-order valence-corrected chi connectivity index (χ3v) is 4.35. The summed E-state index contributed by atoms with van der Waals surface area (Å²) in [5.74, 6) is 1.19. The van der Waals surface area contributed by atoms with E-state index in [4.69, 9.17) is 15.2 Å². The van der Waals surface area contributed by atoms with Crippen molar-refractivity contribution in [1.82, 2.24) is 4.90 Å². The van der Waals surface area contributed by atoms with E-state index < -0.39 is 0 Å². The van der Waals surface area contributed by atoms with Crippen LogP contribution in [0.25, 0.3) is 0 Å². The van der Waals surface area contributed by atoms with Crippen molar-refractivity contribution in [2.24, 2.45) is 11.7 Å². The molecule has 1 heterocycles. The molecule has 0 bridgehead atoms. The van der Waals surface area contributed by atoms with E-state index in [0.717, 1.165) is 22.6 Å². The average molecular weight is 326 g/mol. The van der Waals surface area contributed by atoms with Crippen molar-refractivity contribution < 1.29 is 14.3 Å². The first kappa shape index (κ1) is 16.3. The number of carbonyl (C=O) groups excluding carboxylic acids is 1. The summed E-state index contributed by atoms with van der Waals surface area (Å²) >= 11 is 0. The molecule has 0 spiro atoms. The van der Waals surface area contributed by atoms with Gasteiger partial charge in [-0.2, -0.15) is 0 Å². The van der Waals surface area contributed by atoms with Crippen LogP contribution in [0.15, 0.2) is 48.5 Å². The van der Waals surface area contributed by atoms with Gasteiger partial charge in [0.15, 0.2) is 11.5 Å². The zero-order valence-electron chi connectivity index (χ0n) is 13.9. The first-order valence-corrected chi connectivity index (χ1v) is 8.00. The van der Waals surface area contributed by atoms with Crippen LogP contribution in [0.4, 0.5) is 0 Å². The molecule has 2 aromatic rings. The smallest absolute Gasteiger partial charge is 0.231 e. The number of benzene rings is 2. The van der Waals surface area contributed by atoms with E-state index in [9.17, 15) is 4.79 Å². The summed E-state index contributed by atoms with van der Waals surface area (Å²) in [4.78, 5) is 14.4. The molecule has 1 amide bonds. The number of nitrogens with zero attached hydrogens (tertiary/aromatic N) is 1. The SMILES string of the molecule is C[C@H](C(=O)N(C)Cc1ccc2c(c1)OCO2)[C@@H](N)c1ccccc1. The van der Waals surface area contributed by atoms with Gasteiger partial charge in [0.05, 0.1) is 5.92 Å². The first-order valence-electron chi connectivity index (χ1n) is 8.00. The molecule has 0 aliphatic carbocycles. The van der Waals surface area contributed by atoms with Crippen LogP contribution in [0.5, 0.6) is 11.5 Å². The lowest BCUT2D eigenvalue weighted by molar-refractivity contribution is -0.134. The summed E-state index contributed by atoms with van der Waals surface area (Å²) in [7, 11) is 1.79. The van der Waals surface area contributed by atoms with Gasteiger partial charge in [-0.25, -0.2) is 0 Å². The van der Waals surface area contributed by atoms with E-state index in [0.29, 0.717) is 6.54 Å². The van der Waals surface area contributed by atoms with Crippen LogP contribution in [-0.2, 0) is 11.3 Å². The van der Waals surface area contributed by atoms with E-state index >= 15 is 0 Å². The summed E-state index contributed by atoms with van der Waals surface area (Å²) < 4.78 is 10.7. The molecule has 0 aromatic heterocycles. The summed E-state index contributed by atoms with van der Waals surface area (Å²) in [6, 6.07) is 15.1. The molecule has 5 nitrogen and oxygen atoms in total. The molecule has 2 aromatic carbocycles. The molecule has 1 aliphatic heterocycles.